The Morgan fingerprint density at radius 2 is 1.81 bits per heavy atom. The molecular formula is C18H27BrN2. The van der Waals surface area contributed by atoms with E-state index in [4.69, 9.17) is 0 Å². The molecule has 0 aliphatic heterocycles. The lowest BCUT2D eigenvalue weighted by atomic mass is 10.1. The highest BCUT2D eigenvalue weighted by molar-refractivity contribution is 9.10. The highest BCUT2D eigenvalue weighted by atomic mass is 79.9. The number of hydrogen-bond acceptors (Lipinski definition) is 2. The fraction of sp³-hybridized carbons (Fsp3) is 0.667. The molecule has 1 N–H and O–H groups in total. The maximum absolute atomic E-state index is 3.76. The molecule has 3 heteroatoms. The van der Waals surface area contributed by atoms with Crippen molar-refractivity contribution in [3.63, 3.8) is 0 Å². The summed E-state index contributed by atoms with van der Waals surface area (Å²) in [7, 11) is 2.26. The number of halogens is 1. The van der Waals surface area contributed by atoms with Gasteiger partial charge in [0, 0.05) is 35.8 Å². The van der Waals surface area contributed by atoms with Gasteiger partial charge in [-0.3, -0.25) is 0 Å². The minimum Gasteiger partial charge on any atom is -0.372 e. The van der Waals surface area contributed by atoms with E-state index in [9.17, 15) is 0 Å². The number of hydrogen-bond donors (Lipinski definition) is 1. The Balaban J connectivity index is 1.64. The third-order valence-electron chi connectivity index (χ3n) is 4.97. The van der Waals surface area contributed by atoms with Crippen LogP contribution in [0.4, 0.5) is 5.69 Å². The zero-order chi connectivity index (χ0) is 14.7. The van der Waals surface area contributed by atoms with Crippen LogP contribution >= 0.6 is 15.9 Å². The van der Waals surface area contributed by atoms with Gasteiger partial charge in [0.2, 0.25) is 0 Å². The summed E-state index contributed by atoms with van der Waals surface area (Å²) in [5, 5.41) is 3.59. The van der Waals surface area contributed by atoms with Crippen molar-refractivity contribution in [3.8, 4) is 0 Å². The first-order chi connectivity index (χ1) is 10.2. The maximum atomic E-state index is 3.76. The van der Waals surface area contributed by atoms with Crippen molar-refractivity contribution in [1.29, 1.82) is 0 Å². The summed E-state index contributed by atoms with van der Waals surface area (Å²) in [6.07, 6.45) is 11.0. The van der Waals surface area contributed by atoms with Gasteiger partial charge in [-0.25, -0.2) is 0 Å². The number of benzene rings is 1. The zero-order valence-electron chi connectivity index (χ0n) is 13.1. The zero-order valence-corrected chi connectivity index (χ0v) is 14.7. The molecule has 2 aliphatic carbocycles. The quantitative estimate of drug-likeness (QED) is 0.762. The van der Waals surface area contributed by atoms with Crippen LogP contribution in [0.3, 0.4) is 0 Å². The Kier molecular flexibility index (Phi) is 5.23. The first-order valence-electron chi connectivity index (χ1n) is 8.48. The van der Waals surface area contributed by atoms with Gasteiger partial charge in [0.25, 0.3) is 0 Å². The van der Waals surface area contributed by atoms with E-state index in [1.165, 1.54) is 67.1 Å². The average molecular weight is 351 g/mol. The van der Waals surface area contributed by atoms with E-state index in [1.807, 2.05) is 0 Å². The molecule has 2 saturated carbocycles. The topological polar surface area (TPSA) is 15.3 Å². The summed E-state index contributed by atoms with van der Waals surface area (Å²) in [5.74, 6) is 0. The van der Waals surface area contributed by atoms with E-state index in [0.29, 0.717) is 0 Å². The van der Waals surface area contributed by atoms with Crippen molar-refractivity contribution in [2.75, 3.05) is 11.9 Å². The second-order valence-electron chi connectivity index (χ2n) is 6.69. The van der Waals surface area contributed by atoms with E-state index in [-0.39, 0.29) is 0 Å². The molecule has 2 fully saturated rings. The van der Waals surface area contributed by atoms with Crippen LogP contribution in [0.25, 0.3) is 0 Å². The average Bonchev–Trinajstić information content (AvgIpc) is 3.32. The summed E-state index contributed by atoms with van der Waals surface area (Å²) in [6, 6.07) is 8.36. The van der Waals surface area contributed by atoms with Crippen LogP contribution in [0.5, 0.6) is 0 Å². The monoisotopic (exact) mass is 350 g/mol. The van der Waals surface area contributed by atoms with Gasteiger partial charge >= 0.3 is 0 Å². The van der Waals surface area contributed by atoms with E-state index in [0.717, 1.165) is 18.6 Å². The van der Waals surface area contributed by atoms with Crippen molar-refractivity contribution in [3.05, 3.63) is 28.2 Å². The molecule has 0 bridgehead atoms. The second kappa shape index (κ2) is 7.15. The molecule has 0 amide bonds. The third-order valence-corrected chi connectivity index (χ3v) is 5.71. The number of nitrogens with zero attached hydrogens (tertiary/aromatic N) is 1. The molecule has 0 spiro atoms. The normalized spacial score (nSPS) is 20.3. The molecular weight excluding hydrogens is 324 g/mol. The largest absolute Gasteiger partial charge is 0.372 e. The van der Waals surface area contributed by atoms with Gasteiger partial charge in [0.15, 0.2) is 0 Å². The lowest BCUT2D eigenvalue weighted by Gasteiger charge is -2.29. The van der Waals surface area contributed by atoms with Crippen LogP contribution in [0, 0.1) is 0 Å². The fourth-order valence-corrected chi connectivity index (χ4v) is 3.80. The predicted molar refractivity (Wildman–Crippen MR) is 93.9 cm³/mol. The summed E-state index contributed by atoms with van der Waals surface area (Å²) in [5.41, 5.74) is 2.73. The van der Waals surface area contributed by atoms with E-state index < -0.39 is 0 Å². The Morgan fingerprint density at radius 3 is 2.43 bits per heavy atom. The summed E-state index contributed by atoms with van der Waals surface area (Å²) >= 11 is 3.76. The molecule has 0 heterocycles. The number of rotatable bonds is 5. The molecule has 21 heavy (non-hydrogen) atoms. The first-order valence-corrected chi connectivity index (χ1v) is 9.28. The van der Waals surface area contributed by atoms with Gasteiger partial charge in [0.1, 0.15) is 0 Å². The fourth-order valence-electron chi connectivity index (χ4n) is 3.30. The number of nitrogens with one attached hydrogen (secondary N) is 1. The van der Waals surface area contributed by atoms with Gasteiger partial charge in [-0.1, -0.05) is 47.7 Å². The molecule has 0 atom stereocenters. The summed E-state index contributed by atoms with van der Waals surface area (Å²) < 4.78 is 1.24. The van der Waals surface area contributed by atoms with Crippen LogP contribution in [-0.4, -0.2) is 19.1 Å². The Bertz CT molecular complexity index is 462. The van der Waals surface area contributed by atoms with Crippen molar-refractivity contribution >= 4 is 21.6 Å². The standard InChI is InChI=1S/C18H27BrN2/c1-21(16-6-4-2-3-5-7-16)17-11-8-14(18(19)12-17)13-20-15-9-10-15/h8,11-12,15-16,20H,2-7,9-10,13H2,1H3. The molecule has 2 aliphatic rings. The van der Waals surface area contributed by atoms with Crippen molar-refractivity contribution in [1.82, 2.24) is 5.32 Å². The number of anilines is 1. The summed E-state index contributed by atoms with van der Waals surface area (Å²) in [6.45, 7) is 0.985. The SMILES string of the molecule is CN(c1ccc(CNC2CC2)c(Br)c1)C1CCCCCC1. The molecule has 0 radical (unpaired) electrons. The van der Waals surface area contributed by atoms with Crippen LogP contribution < -0.4 is 10.2 Å². The first kappa shape index (κ1) is 15.4. The molecule has 1 aromatic carbocycles. The lowest BCUT2D eigenvalue weighted by Crippen LogP contribution is -2.31. The minimum atomic E-state index is 0.717. The van der Waals surface area contributed by atoms with Gasteiger partial charge < -0.3 is 10.2 Å². The van der Waals surface area contributed by atoms with Gasteiger partial charge in [-0.15, -0.1) is 0 Å². The molecule has 3 rings (SSSR count). The van der Waals surface area contributed by atoms with E-state index in [1.54, 1.807) is 0 Å². The lowest BCUT2D eigenvalue weighted by molar-refractivity contribution is 0.553. The summed E-state index contributed by atoms with van der Waals surface area (Å²) in [4.78, 5) is 2.49. The van der Waals surface area contributed by atoms with Gasteiger partial charge in [0.05, 0.1) is 0 Å². The maximum Gasteiger partial charge on any atom is 0.0377 e. The molecule has 0 unspecified atom stereocenters. The Morgan fingerprint density at radius 1 is 1.10 bits per heavy atom. The van der Waals surface area contributed by atoms with Crippen LogP contribution in [0.2, 0.25) is 0 Å². The predicted octanol–water partition coefficient (Wildman–Crippen LogP) is 4.86. The molecule has 0 aromatic heterocycles. The Labute approximate surface area is 137 Å². The van der Waals surface area contributed by atoms with Crippen LogP contribution in [-0.2, 0) is 6.54 Å². The van der Waals surface area contributed by atoms with Crippen molar-refractivity contribution in [2.24, 2.45) is 0 Å². The van der Waals surface area contributed by atoms with E-state index in [2.05, 4.69) is 51.4 Å². The minimum absolute atomic E-state index is 0.717. The third kappa shape index (κ3) is 4.23. The second-order valence-corrected chi connectivity index (χ2v) is 7.54. The van der Waals surface area contributed by atoms with Gasteiger partial charge in [-0.05, 0) is 43.4 Å². The van der Waals surface area contributed by atoms with Gasteiger partial charge in [-0.2, -0.15) is 0 Å². The Hall–Kier alpha value is -0.540. The highest BCUT2D eigenvalue weighted by Crippen LogP contribution is 2.29. The molecule has 116 valence electrons. The molecule has 1 aromatic rings. The highest BCUT2D eigenvalue weighted by Gasteiger charge is 2.21. The molecule has 0 saturated heterocycles. The van der Waals surface area contributed by atoms with E-state index >= 15 is 0 Å². The molecule has 2 nitrogen and oxygen atoms in total. The van der Waals surface area contributed by atoms with Crippen molar-refractivity contribution in [2.45, 2.75) is 70.0 Å². The van der Waals surface area contributed by atoms with Crippen LogP contribution in [0.1, 0.15) is 56.9 Å². The van der Waals surface area contributed by atoms with Crippen LogP contribution in [0.15, 0.2) is 22.7 Å². The smallest absolute Gasteiger partial charge is 0.0377 e. The van der Waals surface area contributed by atoms with Crippen molar-refractivity contribution < 1.29 is 0 Å².